The van der Waals surface area contributed by atoms with E-state index in [9.17, 15) is 0 Å². The Hall–Kier alpha value is -0.906. The highest BCUT2D eigenvalue weighted by Gasteiger charge is 2.23. The Morgan fingerprint density at radius 3 is 1.54 bits per heavy atom. The van der Waals surface area contributed by atoms with Crippen LogP contribution in [0.4, 0.5) is 11.4 Å². The first-order valence-corrected chi connectivity index (χ1v) is 12.4. The highest BCUT2D eigenvalue weighted by Crippen LogP contribution is 2.24. The standard InChI is InChI=1S/C18H36N2O4Si2/c1-15(25(21-3)22-4)11-13-20(18-9-7-17(19)8-10-18)14-12-16(2)26(23-5)24-6/h7-10,15-16,25-26H,11-14,19H2,1-6H3. The van der Waals surface area contributed by atoms with Gasteiger partial charge in [-0.15, -0.1) is 0 Å². The third-order valence-corrected chi connectivity index (χ3v) is 9.21. The normalized spacial score (nSPS) is 14.0. The Balaban J connectivity index is 2.74. The molecule has 0 aliphatic heterocycles. The Bertz CT molecular complexity index is 463. The molecule has 1 aromatic rings. The van der Waals surface area contributed by atoms with E-state index in [0.29, 0.717) is 11.1 Å². The van der Waals surface area contributed by atoms with Crippen molar-refractivity contribution in [3.05, 3.63) is 24.3 Å². The van der Waals surface area contributed by atoms with Crippen LogP contribution >= 0.6 is 0 Å². The number of anilines is 2. The number of nitrogens with zero attached hydrogens (tertiary/aromatic N) is 1. The molecule has 0 fully saturated rings. The van der Waals surface area contributed by atoms with Crippen molar-refractivity contribution in [3.63, 3.8) is 0 Å². The van der Waals surface area contributed by atoms with Gasteiger partial charge in [0.05, 0.1) is 0 Å². The van der Waals surface area contributed by atoms with E-state index in [2.05, 4.69) is 30.9 Å². The van der Waals surface area contributed by atoms with Crippen LogP contribution in [0.5, 0.6) is 0 Å². The summed E-state index contributed by atoms with van der Waals surface area (Å²) in [6.07, 6.45) is 2.07. The number of nitrogens with two attached hydrogens (primary N) is 1. The van der Waals surface area contributed by atoms with E-state index in [4.69, 9.17) is 23.4 Å². The third-order valence-electron chi connectivity index (χ3n) is 4.83. The number of hydrogen-bond donors (Lipinski definition) is 1. The second-order valence-electron chi connectivity index (χ2n) is 6.79. The number of nitrogen functional groups attached to an aromatic ring is 1. The van der Waals surface area contributed by atoms with Crippen LogP contribution in [0.1, 0.15) is 26.7 Å². The van der Waals surface area contributed by atoms with Crippen molar-refractivity contribution in [3.8, 4) is 0 Å². The van der Waals surface area contributed by atoms with E-state index in [1.807, 2.05) is 12.1 Å². The average molecular weight is 401 g/mol. The Morgan fingerprint density at radius 2 is 1.19 bits per heavy atom. The summed E-state index contributed by atoms with van der Waals surface area (Å²) in [5, 5.41) is 0. The highest BCUT2D eigenvalue weighted by molar-refractivity contribution is 6.46. The molecule has 0 amide bonds. The molecule has 8 heteroatoms. The fourth-order valence-electron chi connectivity index (χ4n) is 3.17. The largest absolute Gasteiger partial charge is 0.400 e. The maximum Gasteiger partial charge on any atom is 0.323 e. The van der Waals surface area contributed by atoms with Crippen molar-refractivity contribution in [1.29, 1.82) is 0 Å². The van der Waals surface area contributed by atoms with Gasteiger partial charge < -0.3 is 28.3 Å². The smallest absolute Gasteiger partial charge is 0.323 e. The second-order valence-corrected chi connectivity index (χ2v) is 12.4. The highest BCUT2D eigenvalue weighted by atomic mass is 28.3. The summed E-state index contributed by atoms with van der Waals surface area (Å²) >= 11 is 0. The van der Waals surface area contributed by atoms with Gasteiger partial charge in [0.25, 0.3) is 0 Å². The van der Waals surface area contributed by atoms with Gasteiger partial charge in [-0.25, -0.2) is 0 Å². The molecule has 6 nitrogen and oxygen atoms in total. The van der Waals surface area contributed by atoms with E-state index in [1.54, 1.807) is 28.4 Å². The molecule has 0 heterocycles. The molecule has 0 spiro atoms. The van der Waals surface area contributed by atoms with Gasteiger partial charge in [-0.3, -0.25) is 0 Å². The van der Waals surface area contributed by atoms with Crippen molar-refractivity contribution >= 4 is 29.9 Å². The van der Waals surface area contributed by atoms with E-state index in [-0.39, 0.29) is 0 Å². The minimum atomic E-state index is -1.59. The van der Waals surface area contributed by atoms with E-state index >= 15 is 0 Å². The zero-order valence-electron chi connectivity index (χ0n) is 17.1. The summed E-state index contributed by atoms with van der Waals surface area (Å²) in [4.78, 5) is 2.42. The zero-order valence-corrected chi connectivity index (χ0v) is 19.4. The zero-order chi connectivity index (χ0) is 19.5. The van der Waals surface area contributed by atoms with E-state index in [0.717, 1.165) is 31.6 Å². The molecule has 0 saturated carbocycles. The maximum atomic E-state index is 5.85. The van der Waals surface area contributed by atoms with Crippen molar-refractivity contribution in [2.24, 2.45) is 0 Å². The predicted octanol–water partition coefficient (Wildman–Crippen LogP) is 2.66. The molecule has 1 rings (SSSR count). The van der Waals surface area contributed by atoms with Gasteiger partial charge >= 0.3 is 18.6 Å². The lowest BCUT2D eigenvalue weighted by Crippen LogP contribution is -2.33. The molecule has 0 aromatic heterocycles. The van der Waals surface area contributed by atoms with Gasteiger partial charge in [-0.05, 0) is 48.2 Å². The van der Waals surface area contributed by atoms with Crippen LogP contribution < -0.4 is 10.6 Å². The van der Waals surface area contributed by atoms with Crippen LogP contribution in [-0.2, 0) is 17.7 Å². The first-order valence-electron chi connectivity index (χ1n) is 9.18. The molecule has 0 bridgehead atoms. The molecule has 0 aliphatic rings. The number of benzene rings is 1. The summed E-state index contributed by atoms with van der Waals surface area (Å²) < 4.78 is 22.1. The third kappa shape index (κ3) is 7.38. The van der Waals surface area contributed by atoms with Crippen LogP contribution in [0, 0.1) is 0 Å². The SMILES string of the molecule is CO[SiH](OC)C(C)CCN(CCC(C)[SiH](OC)OC)c1ccc(N)cc1. The summed E-state index contributed by atoms with van der Waals surface area (Å²) in [6, 6.07) is 8.10. The van der Waals surface area contributed by atoms with Gasteiger partial charge in [0, 0.05) is 52.9 Å². The average Bonchev–Trinajstić information content (AvgIpc) is 2.64. The Labute approximate surface area is 162 Å². The van der Waals surface area contributed by atoms with Gasteiger partial charge in [0.15, 0.2) is 0 Å². The van der Waals surface area contributed by atoms with Crippen molar-refractivity contribution < 1.29 is 17.7 Å². The molecule has 2 unspecified atom stereocenters. The van der Waals surface area contributed by atoms with Gasteiger partial charge in [-0.2, -0.15) is 0 Å². The summed E-state index contributed by atoms with van der Waals surface area (Å²) in [7, 11) is 3.80. The lowest BCUT2D eigenvalue weighted by molar-refractivity contribution is 0.264. The van der Waals surface area contributed by atoms with Gasteiger partial charge in [-0.1, -0.05) is 13.8 Å². The fourth-order valence-corrected chi connectivity index (χ4v) is 6.25. The maximum absolute atomic E-state index is 5.85. The molecular formula is C18H36N2O4Si2. The van der Waals surface area contributed by atoms with Crippen LogP contribution in [0.3, 0.4) is 0 Å². The molecule has 0 saturated heterocycles. The number of hydrogen-bond acceptors (Lipinski definition) is 6. The van der Waals surface area contributed by atoms with E-state index in [1.165, 1.54) is 5.69 Å². The number of rotatable bonds is 13. The fraction of sp³-hybridized carbons (Fsp3) is 0.667. The monoisotopic (exact) mass is 400 g/mol. The van der Waals surface area contributed by atoms with Crippen molar-refractivity contribution in [1.82, 2.24) is 0 Å². The molecule has 26 heavy (non-hydrogen) atoms. The van der Waals surface area contributed by atoms with Crippen LogP contribution in [0.2, 0.25) is 11.1 Å². The van der Waals surface area contributed by atoms with Gasteiger partial charge in [0.1, 0.15) is 0 Å². The lowest BCUT2D eigenvalue weighted by atomic mass is 10.2. The lowest BCUT2D eigenvalue weighted by Gasteiger charge is -2.29. The molecule has 0 radical (unpaired) electrons. The minimum Gasteiger partial charge on any atom is -0.400 e. The molecule has 1 aromatic carbocycles. The predicted molar refractivity (Wildman–Crippen MR) is 113 cm³/mol. The van der Waals surface area contributed by atoms with E-state index < -0.39 is 18.6 Å². The molecule has 2 N–H and O–H groups in total. The minimum absolute atomic E-state index is 0.443. The van der Waals surface area contributed by atoms with Crippen LogP contribution in [0.25, 0.3) is 0 Å². The quantitative estimate of drug-likeness (QED) is 0.406. The summed E-state index contributed by atoms with van der Waals surface area (Å²) in [5.41, 5.74) is 8.72. The first-order chi connectivity index (χ1) is 12.5. The first kappa shape index (κ1) is 23.1. The van der Waals surface area contributed by atoms with Crippen LogP contribution in [0.15, 0.2) is 24.3 Å². The molecule has 0 aliphatic carbocycles. The Morgan fingerprint density at radius 1 is 0.808 bits per heavy atom. The van der Waals surface area contributed by atoms with Crippen molar-refractivity contribution in [2.45, 2.75) is 37.8 Å². The summed E-state index contributed by atoms with van der Waals surface area (Å²) in [5.74, 6) is 0. The second kappa shape index (κ2) is 12.5. The molecule has 2 atom stereocenters. The topological polar surface area (TPSA) is 66.2 Å². The van der Waals surface area contributed by atoms with Gasteiger partial charge in [0.2, 0.25) is 0 Å². The Kier molecular flexibility index (Phi) is 11.1. The molecular weight excluding hydrogens is 364 g/mol. The summed E-state index contributed by atoms with van der Waals surface area (Å²) in [6.45, 7) is 6.35. The van der Waals surface area contributed by atoms with Crippen LogP contribution in [-0.4, -0.2) is 60.1 Å². The van der Waals surface area contributed by atoms with Crippen molar-refractivity contribution in [2.75, 3.05) is 52.2 Å². The molecule has 150 valence electrons.